The van der Waals surface area contributed by atoms with Gasteiger partial charge in [0.25, 0.3) is 0 Å². The summed E-state index contributed by atoms with van der Waals surface area (Å²) < 4.78 is 16.5. The Labute approximate surface area is 88.0 Å². The van der Waals surface area contributed by atoms with Crippen molar-refractivity contribution in [1.82, 2.24) is 0 Å². The molecular weight excluding hydrogens is 197 g/mol. The van der Waals surface area contributed by atoms with Crippen molar-refractivity contribution >= 4 is 11.7 Å². The lowest BCUT2D eigenvalue weighted by Crippen LogP contribution is -2.09. The molecule has 0 spiro atoms. The first-order valence-corrected chi connectivity index (χ1v) is 4.78. The number of esters is 1. The number of hydrogen-bond donors (Lipinski definition) is 1. The zero-order chi connectivity index (χ0) is 11.1. The van der Waals surface area contributed by atoms with E-state index >= 15 is 0 Å². The van der Waals surface area contributed by atoms with Crippen molar-refractivity contribution in [1.29, 1.82) is 0 Å². The van der Waals surface area contributed by atoms with Crippen LogP contribution in [0.1, 0.15) is 12.0 Å². The van der Waals surface area contributed by atoms with Gasteiger partial charge in [-0.1, -0.05) is 12.1 Å². The summed E-state index contributed by atoms with van der Waals surface area (Å²) in [6.45, 7) is -0.320. The van der Waals surface area contributed by atoms with Crippen LogP contribution in [0.25, 0.3) is 0 Å². The summed E-state index contributed by atoms with van der Waals surface area (Å²) in [4.78, 5) is 11.2. The Kier molecular flexibility index (Phi) is 4.60. The van der Waals surface area contributed by atoms with Crippen molar-refractivity contribution in [2.24, 2.45) is 0 Å². The predicted octanol–water partition coefficient (Wildman–Crippen LogP) is 1.71. The Balaban J connectivity index is 2.34. The fraction of sp³-hybridized carbons (Fsp3) is 0.364. The van der Waals surface area contributed by atoms with Crippen molar-refractivity contribution in [2.75, 3.05) is 19.0 Å². The molecule has 0 radical (unpaired) electrons. The van der Waals surface area contributed by atoms with E-state index in [0.717, 1.165) is 5.56 Å². The van der Waals surface area contributed by atoms with Gasteiger partial charge in [-0.15, -0.1) is 0 Å². The van der Waals surface area contributed by atoms with E-state index in [4.69, 9.17) is 10.5 Å². The number of carbonyl (C=O) groups excluding carboxylic acids is 1. The second kappa shape index (κ2) is 6.01. The minimum atomic E-state index is -0.463. The van der Waals surface area contributed by atoms with E-state index in [-0.39, 0.29) is 25.4 Å². The van der Waals surface area contributed by atoms with Crippen LogP contribution in [0.4, 0.5) is 10.1 Å². The number of alkyl halides is 1. The Bertz CT molecular complexity index is 311. The fourth-order valence-electron chi connectivity index (χ4n) is 1.09. The third kappa shape index (κ3) is 4.44. The minimum Gasteiger partial charge on any atom is -0.465 e. The van der Waals surface area contributed by atoms with Crippen molar-refractivity contribution in [2.45, 2.75) is 12.8 Å². The molecular formula is C11H14FNO2. The number of nitrogens with two attached hydrogens (primary N) is 1. The Hall–Kier alpha value is -1.58. The lowest BCUT2D eigenvalue weighted by Gasteiger charge is -2.03. The van der Waals surface area contributed by atoms with Crippen LogP contribution in [-0.2, 0) is 16.0 Å². The number of rotatable bonds is 5. The molecule has 0 aromatic heterocycles. The molecule has 2 N–H and O–H groups in total. The largest absolute Gasteiger partial charge is 0.465 e. The standard InChI is InChI=1S/C11H14FNO2/c12-6-1-7-15-11(14)8-9-2-4-10(13)5-3-9/h2-5H,1,6-8,13H2. The molecule has 0 amide bonds. The third-order valence-corrected chi connectivity index (χ3v) is 1.87. The summed E-state index contributed by atoms with van der Waals surface area (Å²) in [5.74, 6) is -0.340. The molecule has 1 aromatic carbocycles. The van der Waals surface area contributed by atoms with Gasteiger partial charge in [-0.25, -0.2) is 0 Å². The van der Waals surface area contributed by atoms with Crippen molar-refractivity contribution in [3.63, 3.8) is 0 Å². The first kappa shape index (κ1) is 11.5. The molecule has 0 aliphatic heterocycles. The fourth-order valence-corrected chi connectivity index (χ4v) is 1.09. The number of carbonyl (C=O) groups is 1. The SMILES string of the molecule is Nc1ccc(CC(=O)OCCCF)cc1. The van der Waals surface area contributed by atoms with Gasteiger partial charge in [0.15, 0.2) is 0 Å². The Morgan fingerprint density at radius 3 is 2.60 bits per heavy atom. The van der Waals surface area contributed by atoms with Crippen molar-refractivity contribution in [3.05, 3.63) is 29.8 Å². The van der Waals surface area contributed by atoms with Gasteiger partial charge in [-0.05, 0) is 17.7 Å². The molecule has 0 aliphatic carbocycles. The highest BCUT2D eigenvalue weighted by Gasteiger charge is 2.03. The lowest BCUT2D eigenvalue weighted by molar-refractivity contribution is -0.142. The van der Waals surface area contributed by atoms with Gasteiger partial charge in [0.2, 0.25) is 0 Å². The molecule has 0 unspecified atom stereocenters. The molecule has 15 heavy (non-hydrogen) atoms. The molecule has 4 heteroatoms. The second-order valence-electron chi connectivity index (χ2n) is 3.18. The third-order valence-electron chi connectivity index (χ3n) is 1.87. The molecule has 0 atom stereocenters. The topological polar surface area (TPSA) is 52.3 Å². The highest BCUT2D eigenvalue weighted by molar-refractivity contribution is 5.72. The van der Waals surface area contributed by atoms with Gasteiger partial charge in [0.1, 0.15) is 0 Å². The highest BCUT2D eigenvalue weighted by Crippen LogP contribution is 2.06. The molecule has 0 heterocycles. The smallest absolute Gasteiger partial charge is 0.310 e. The zero-order valence-corrected chi connectivity index (χ0v) is 8.41. The Morgan fingerprint density at radius 1 is 1.33 bits per heavy atom. The number of anilines is 1. The number of nitrogen functional groups attached to an aromatic ring is 1. The van der Waals surface area contributed by atoms with Gasteiger partial charge < -0.3 is 10.5 Å². The molecule has 0 fully saturated rings. The first-order valence-electron chi connectivity index (χ1n) is 4.78. The molecule has 82 valence electrons. The van der Waals surface area contributed by atoms with Crippen LogP contribution in [0.15, 0.2) is 24.3 Å². The van der Waals surface area contributed by atoms with Crippen molar-refractivity contribution < 1.29 is 13.9 Å². The van der Waals surface area contributed by atoms with E-state index < -0.39 is 6.67 Å². The predicted molar refractivity (Wildman–Crippen MR) is 56.1 cm³/mol. The number of ether oxygens (including phenoxy) is 1. The highest BCUT2D eigenvalue weighted by atomic mass is 19.1. The maximum absolute atomic E-state index is 11.7. The van der Waals surface area contributed by atoms with Gasteiger partial charge in [0, 0.05) is 12.1 Å². The van der Waals surface area contributed by atoms with Crippen LogP contribution < -0.4 is 5.73 Å². The maximum Gasteiger partial charge on any atom is 0.310 e. The van der Waals surface area contributed by atoms with Crippen molar-refractivity contribution in [3.8, 4) is 0 Å². The van der Waals surface area contributed by atoms with E-state index in [2.05, 4.69) is 0 Å². The summed E-state index contributed by atoms with van der Waals surface area (Å²) in [7, 11) is 0. The molecule has 3 nitrogen and oxygen atoms in total. The van der Waals surface area contributed by atoms with Gasteiger partial charge in [-0.3, -0.25) is 9.18 Å². The first-order chi connectivity index (χ1) is 7.22. The summed E-state index contributed by atoms with van der Waals surface area (Å²) in [5.41, 5.74) is 7.00. The summed E-state index contributed by atoms with van der Waals surface area (Å²) in [6.07, 6.45) is 0.458. The average molecular weight is 211 g/mol. The molecule has 0 bridgehead atoms. The quantitative estimate of drug-likeness (QED) is 0.458. The zero-order valence-electron chi connectivity index (χ0n) is 8.41. The van der Waals surface area contributed by atoms with Gasteiger partial charge in [-0.2, -0.15) is 0 Å². The average Bonchev–Trinajstić information content (AvgIpc) is 2.22. The molecule has 0 saturated heterocycles. The lowest BCUT2D eigenvalue weighted by atomic mass is 10.1. The van der Waals surface area contributed by atoms with E-state index in [1.54, 1.807) is 24.3 Å². The summed E-state index contributed by atoms with van der Waals surface area (Å²) in [6, 6.07) is 6.99. The monoisotopic (exact) mass is 211 g/mol. The molecule has 1 rings (SSSR count). The number of halogens is 1. The van der Waals surface area contributed by atoms with Crippen LogP contribution >= 0.6 is 0 Å². The maximum atomic E-state index is 11.7. The second-order valence-corrected chi connectivity index (χ2v) is 3.18. The van der Waals surface area contributed by atoms with Gasteiger partial charge >= 0.3 is 5.97 Å². The van der Waals surface area contributed by atoms with Crippen LogP contribution in [0.2, 0.25) is 0 Å². The summed E-state index contributed by atoms with van der Waals surface area (Å²) in [5, 5.41) is 0. The van der Waals surface area contributed by atoms with E-state index in [9.17, 15) is 9.18 Å². The van der Waals surface area contributed by atoms with E-state index in [0.29, 0.717) is 5.69 Å². The number of hydrogen-bond acceptors (Lipinski definition) is 3. The van der Waals surface area contributed by atoms with Crippen LogP contribution in [0.5, 0.6) is 0 Å². The van der Waals surface area contributed by atoms with Crippen LogP contribution in [0.3, 0.4) is 0 Å². The van der Waals surface area contributed by atoms with Crippen LogP contribution in [0, 0.1) is 0 Å². The summed E-state index contributed by atoms with van der Waals surface area (Å²) >= 11 is 0. The molecule has 0 saturated carbocycles. The Morgan fingerprint density at radius 2 is 2.00 bits per heavy atom. The van der Waals surface area contributed by atoms with E-state index in [1.807, 2.05) is 0 Å². The van der Waals surface area contributed by atoms with Crippen LogP contribution in [-0.4, -0.2) is 19.3 Å². The number of benzene rings is 1. The van der Waals surface area contributed by atoms with E-state index in [1.165, 1.54) is 0 Å². The normalized spacial score (nSPS) is 9.93. The molecule has 1 aromatic rings. The minimum absolute atomic E-state index is 0.143. The van der Waals surface area contributed by atoms with Gasteiger partial charge in [0.05, 0.1) is 19.7 Å². The molecule has 0 aliphatic rings.